The maximum Gasteiger partial charge on any atom is 0.0459 e. The van der Waals surface area contributed by atoms with Crippen molar-refractivity contribution in [3.63, 3.8) is 0 Å². The highest BCUT2D eigenvalue weighted by Crippen LogP contribution is 2.36. The molecule has 0 saturated heterocycles. The Morgan fingerprint density at radius 2 is 2.04 bits per heavy atom. The van der Waals surface area contributed by atoms with Crippen LogP contribution >= 0.6 is 0 Å². The van der Waals surface area contributed by atoms with Crippen LogP contribution in [0.25, 0.3) is 10.9 Å². The zero-order valence-corrected chi connectivity index (χ0v) is 13.5. The summed E-state index contributed by atoms with van der Waals surface area (Å²) in [6, 6.07) is 17.4. The Morgan fingerprint density at radius 1 is 1.22 bits per heavy atom. The monoisotopic (exact) mass is 302 g/mol. The molecule has 0 radical (unpaired) electrons. The van der Waals surface area contributed by atoms with Crippen LogP contribution in [0.2, 0.25) is 0 Å². The van der Waals surface area contributed by atoms with Crippen molar-refractivity contribution in [2.45, 2.75) is 25.9 Å². The van der Waals surface area contributed by atoms with Crippen LogP contribution < -0.4 is 0 Å². The van der Waals surface area contributed by atoms with Crippen LogP contribution in [0.4, 0.5) is 0 Å². The van der Waals surface area contributed by atoms with Gasteiger partial charge in [-0.15, -0.1) is 6.58 Å². The summed E-state index contributed by atoms with van der Waals surface area (Å²) in [4.78, 5) is 6.14. The zero-order valence-electron chi connectivity index (χ0n) is 13.5. The van der Waals surface area contributed by atoms with E-state index in [1.54, 1.807) is 0 Å². The Kier molecular flexibility index (Phi) is 3.55. The number of hydrogen-bond acceptors (Lipinski definition) is 1. The van der Waals surface area contributed by atoms with Crippen LogP contribution in [0.5, 0.6) is 0 Å². The summed E-state index contributed by atoms with van der Waals surface area (Å²) in [6.45, 7) is 9.25. The number of fused-ring (bicyclic) bond motifs is 3. The molecule has 1 aliphatic heterocycles. The fourth-order valence-electron chi connectivity index (χ4n) is 3.74. The van der Waals surface area contributed by atoms with E-state index in [0.717, 1.165) is 19.6 Å². The average Bonchev–Trinajstić information content (AvgIpc) is 2.92. The lowest BCUT2D eigenvalue weighted by atomic mass is 9.91. The van der Waals surface area contributed by atoms with E-state index in [-0.39, 0.29) is 0 Å². The van der Waals surface area contributed by atoms with E-state index >= 15 is 0 Å². The van der Waals surface area contributed by atoms with Crippen LogP contribution in [-0.4, -0.2) is 16.4 Å². The van der Waals surface area contributed by atoms with Gasteiger partial charge in [0.1, 0.15) is 0 Å². The molecule has 116 valence electrons. The minimum absolute atomic E-state index is 0.387. The summed E-state index contributed by atoms with van der Waals surface area (Å²) in [7, 11) is 0. The van der Waals surface area contributed by atoms with Crippen molar-refractivity contribution in [3.8, 4) is 0 Å². The molecule has 0 aliphatic carbocycles. The maximum absolute atomic E-state index is 4.09. The third-order valence-electron chi connectivity index (χ3n) is 4.82. The van der Waals surface area contributed by atoms with Crippen LogP contribution in [0, 0.1) is 6.92 Å². The Balaban J connectivity index is 1.71. The molecule has 0 amide bonds. The number of aromatic amines is 1. The molecule has 1 N–H and O–H groups in total. The van der Waals surface area contributed by atoms with E-state index in [1.807, 2.05) is 0 Å². The molecule has 0 bridgehead atoms. The number of H-pyrrole nitrogens is 1. The summed E-state index contributed by atoms with van der Waals surface area (Å²) in [5, 5.41) is 1.37. The van der Waals surface area contributed by atoms with Crippen molar-refractivity contribution in [3.05, 3.63) is 83.6 Å². The first-order valence-electron chi connectivity index (χ1n) is 8.24. The van der Waals surface area contributed by atoms with E-state index < -0.39 is 0 Å². The molecule has 0 saturated carbocycles. The molecule has 23 heavy (non-hydrogen) atoms. The van der Waals surface area contributed by atoms with E-state index in [0.29, 0.717) is 5.92 Å². The van der Waals surface area contributed by atoms with Gasteiger partial charge in [-0.25, -0.2) is 0 Å². The molecule has 1 aromatic heterocycles. The van der Waals surface area contributed by atoms with Gasteiger partial charge in [0.2, 0.25) is 0 Å². The predicted molar refractivity (Wildman–Crippen MR) is 96.5 cm³/mol. The summed E-state index contributed by atoms with van der Waals surface area (Å²) in [5.41, 5.74) is 6.72. The highest BCUT2D eigenvalue weighted by molar-refractivity contribution is 5.86. The number of nitrogens with one attached hydrogen (secondary N) is 1. The Morgan fingerprint density at radius 3 is 2.83 bits per heavy atom. The lowest BCUT2D eigenvalue weighted by Gasteiger charge is -2.31. The Labute approximate surface area is 137 Å². The van der Waals surface area contributed by atoms with E-state index in [2.05, 4.69) is 78.0 Å². The van der Waals surface area contributed by atoms with Gasteiger partial charge in [0.05, 0.1) is 0 Å². The number of rotatable bonds is 3. The molecule has 3 aromatic rings. The highest BCUT2D eigenvalue weighted by atomic mass is 15.1. The molecular formula is C21H22N2. The van der Waals surface area contributed by atoms with Gasteiger partial charge in [0.25, 0.3) is 0 Å². The number of hydrogen-bond donors (Lipinski definition) is 1. The number of aromatic nitrogens is 1. The van der Waals surface area contributed by atoms with E-state index in [9.17, 15) is 0 Å². The van der Waals surface area contributed by atoms with Gasteiger partial charge >= 0.3 is 0 Å². The molecule has 2 nitrogen and oxygen atoms in total. The first kappa shape index (κ1) is 14.3. The van der Waals surface area contributed by atoms with Crippen molar-refractivity contribution in [1.29, 1.82) is 0 Å². The van der Waals surface area contributed by atoms with Gasteiger partial charge in [-0.3, -0.25) is 4.90 Å². The van der Waals surface area contributed by atoms with Gasteiger partial charge in [0, 0.05) is 42.1 Å². The number of nitrogens with zero attached hydrogens (tertiary/aromatic N) is 1. The minimum atomic E-state index is 0.387. The van der Waals surface area contributed by atoms with Crippen LogP contribution in [0.1, 0.15) is 28.3 Å². The first-order chi connectivity index (χ1) is 11.2. The highest BCUT2D eigenvalue weighted by Gasteiger charge is 2.27. The second-order valence-electron chi connectivity index (χ2n) is 6.56. The fraction of sp³-hybridized carbons (Fsp3) is 0.238. The molecule has 0 fully saturated rings. The predicted octanol–water partition coefficient (Wildman–Crippen LogP) is 4.76. The van der Waals surface area contributed by atoms with Gasteiger partial charge in [-0.1, -0.05) is 48.0 Å². The van der Waals surface area contributed by atoms with Gasteiger partial charge in [-0.2, -0.15) is 0 Å². The maximum atomic E-state index is 4.09. The Bertz CT molecular complexity index is 845. The van der Waals surface area contributed by atoms with Crippen molar-refractivity contribution in [2.24, 2.45) is 0 Å². The topological polar surface area (TPSA) is 19.0 Å². The molecule has 0 spiro atoms. The van der Waals surface area contributed by atoms with E-state index in [4.69, 9.17) is 0 Å². The van der Waals surface area contributed by atoms with Crippen molar-refractivity contribution >= 4 is 10.9 Å². The van der Waals surface area contributed by atoms with Crippen LogP contribution in [0.3, 0.4) is 0 Å². The average molecular weight is 302 g/mol. The molecule has 1 aliphatic rings. The standard InChI is InChI=1S/C21H22N2/c1-3-17-13-23(12-16-7-5-4-6-8-16)14-20-21(17)18-11-15(2)9-10-19(18)22-20/h3-11,17,22H,1,12-14H2,2H3/t17-/m0/s1. The quantitative estimate of drug-likeness (QED) is 0.691. The van der Waals surface area contributed by atoms with Crippen molar-refractivity contribution in [1.82, 2.24) is 9.88 Å². The van der Waals surface area contributed by atoms with Crippen molar-refractivity contribution < 1.29 is 0 Å². The molecule has 2 heterocycles. The first-order valence-corrected chi connectivity index (χ1v) is 8.24. The third-order valence-corrected chi connectivity index (χ3v) is 4.82. The largest absolute Gasteiger partial charge is 0.357 e. The molecule has 2 aromatic carbocycles. The minimum Gasteiger partial charge on any atom is -0.357 e. The second kappa shape index (κ2) is 5.71. The number of aryl methyl sites for hydroxylation is 1. The fourth-order valence-corrected chi connectivity index (χ4v) is 3.74. The lowest BCUT2D eigenvalue weighted by molar-refractivity contribution is 0.232. The second-order valence-corrected chi connectivity index (χ2v) is 6.56. The third kappa shape index (κ3) is 2.60. The summed E-state index contributed by atoms with van der Waals surface area (Å²) >= 11 is 0. The molecule has 4 rings (SSSR count). The van der Waals surface area contributed by atoms with Gasteiger partial charge in [-0.05, 0) is 30.2 Å². The SMILES string of the molecule is C=C[C@H]1CN(Cc2ccccc2)Cc2[nH]c3ccc(C)cc3c21. The normalized spacial score (nSPS) is 18.0. The molecule has 1 atom stereocenters. The molecular weight excluding hydrogens is 280 g/mol. The van der Waals surface area contributed by atoms with Crippen LogP contribution in [-0.2, 0) is 13.1 Å². The van der Waals surface area contributed by atoms with Crippen LogP contribution in [0.15, 0.2) is 61.2 Å². The smallest absolute Gasteiger partial charge is 0.0459 e. The lowest BCUT2D eigenvalue weighted by Crippen LogP contribution is -2.32. The Hall–Kier alpha value is -2.32. The van der Waals surface area contributed by atoms with Gasteiger partial charge < -0.3 is 4.98 Å². The summed E-state index contributed by atoms with van der Waals surface area (Å²) in [5.74, 6) is 0.387. The molecule has 2 heteroatoms. The summed E-state index contributed by atoms with van der Waals surface area (Å²) < 4.78 is 0. The van der Waals surface area contributed by atoms with E-state index in [1.165, 1.54) is 33.3 Å². The molecule has 0 unspecified atom stereocenters. The van der Waals surface area contributed by atoms with Crippen molar-refractivity contribution in [2.75, 3.05) is 6.54 Å². The number of benzene rings is 2. The zero-order chi connectivity index (χ0) is 15.8. The van der Waals surface area contributed by atoms with Gasteiger partial charge in [0.15, 0.2) is 0 Å². The summed E-state index contributed by atoms with van der Waals surface area (Å²) in [6.07, 6.45) is 2.10.